The highest BCUT2D eigenvalue weighted by molar-refractivity contribution is 7.89. The highest BCUT2D eigenvalue weighted by atomic mass is 32.2. The Balaban J connectivity index is 2.17. The van der Waals surface area contributed by atoms with Crippen molar-refractivity contribution in [2.75, 3.05) is 6.54 Å². The summed E-state index contributed by atoms with van der Waals surface area (Å²) in [6.45, 7) is 3.24. The van der Waals surface area contributed by atoms with E-state index in [9.17, 15) is 12.8 Å². The zero-order valence-electron chi connectivity index (χ0n) is 11.5. The van der Waals surface area contributed by atoms with Gasteiger partial charge in [-0.1, -0.05) is 13.0 Å². The summed E-state index contributed by atoms with van der Waals surface area (Å²) in [6.07, 6.45) is 1.59. The fraction of sp³-hybridized carbons (Fsp3) is 0.308. The minimum absolute atomic E-state index is 0.0525. The van der Waals surface area contributed by atoms with Gasteiger partial charge in [0.15, 0.2) is 0 Å². The number of halogens is 1. The second-order valence-corrected chi connectivity index (χ2v) is 7.01. The average molecular weight is 329 g/mol. The van der Waals surface area contributed by atoms with Crippen molar-refractivity contribution in [1.82, 2.24) is 15.0 Å². The molecular weight excluding hydrogens is 313 g/mol. The molecule has 1 heterocycles. The van der Waals surface area contributed by atoms with Gasteiger partial charge in [-0.3, -0.25) is 0 Å². The van der Waals surface area contributed by atoms with Crippen molar-refractivity contribution in [3.05, 3.63) is 46.2 Å². The number of sulfonamides is 1. The van der Waals surface area contributed by atoms with E-state index in [-0.39, 0.29) is 11.4 Å². The van der Waals surface area contributed by atoms with Gasteiger partial charge in [0, 0.05) is 18.1 Å². The Morgan fingerprint density at radius 2 is 2.14 bits per heavy atom. The van der Waals surface area contributed by atoms with Crippen molar-refractivity contribution < 1.29 is 12.8 Å². The maximum atomic E-state index is 13.8. The summed E-state index contributed by atoms with van der Waals surface area (Å²) in [5.41, 5.74) is 0.716. The van der Waals surface area contributed by atoms with Crippen LogP contribution in [0.25, 0.3) is 0 Å². The van der Waals surface area contributed by atoms with E-state index in [1.54, 1.807) is 17.6 Å². The number of hydrogen-bond donors (Lipinski definition) is 2. The molecule has 1 aromatic heterocycles. The van der Waals surface area contributed by atoms with Gasteiger partial charge in [0.1, 0.15) is 15.7 Å². The minimum Gasteiger partial charge on any atom is -0.313 e. The van der Waals surface area contributed by atoms with Crippen molar-refractivity contribution in [1.29, 1.82) is 0 Å². The third-order valence-corrected chi connectivity index (χ3v) is 4.96. The van der Waals surface area contributed by atoms with Crippen LogP contribution in [-0.4, -0.2) is 19.9 Å². The van der Waals surface area contributed by atoms with Gasteiger partial charge in [-0.05, 0) is 24.2 Å². The van der Waals surface area contributed by atoms with Crippen LogP contribution in [-0.2, 0) is 23.1 Å². The van der Waals surface area contributed by atoms with Crippen LogP contribution >= 0.6 is 11.3 Å². The molecule has 0 unspecified atom stereocenters. The molecule has 21 heavy (non-hydrogen) atoms. The van der Waals surface area contributed by atoms with Gasteiger partial charge in [0.05, 0.1) is 6.54 Å². The Labute approximate surface area is 127 Å². The standard InChI is InChI=1S/C13H16FN3O2S2/c1-2-15-8-10-3-4-11(14)12(7-10)21(18,19)17-9-13-16-5-6-20-13/h3-7,15,17H,2,8-9H2,1H3. The second-order valence-electron chi connectivity index (χ2n) is 4.30. The normalized spacial score (nSPS) is 11.7. The fourth-order valence-corrected chi connectivity index (χ4v) is 3.47. The Hall–Kier alpha value is -1.35. The molecule has 0 fully saturated rings. The van der Waals surface area contributed by atoms with Crippen LogP contribution in [0.5, 0.6) is 0 Å². The topological polar surface area (TPSA) is 71.1 Å². The van der Waals surface area contributed by atoms with Gasteiger partial charge < -0.3 is 5.32 Å². The van der Waals surface area contributed by atoms with Crippen LogP contribution in [0, 0.1) is 5.82 Å². The molecular formula is C13H16FN3O2S2. The van der Waals surface area contributed by atoms with Crippen LogP contribution in [0.3, 0.4) is 0 Å². The van der Waals surface area contributed by atoms with E-state index in [2.05, 4.69) is 15.0 Å². The van der Waals surface area contributed by atoms with Gasteiger partial charge in [0.2, 0.25) is 10.0 Å². The SMILES string of the molecule is CCNCc1ccc(F)c(S(=O)(=O)NCc2nccs2)c1. The summed E-state index contributed by atoms with van der Waals surface area (Å²) in [7, 11) is -3.90. The Kier molecular flexibility index (Phi) is 5.40. The zero-order chi connectivity index (χ0) is 15.3. The molecule has 2 N–H and O–H groups in total. The summed E-state index contributed by atoms with van der Waals surface area (Å²) in [5.74, 6) is -0.762. The van der Waals surface area contributed by atoms with E-state index in [4.69, 9.17) is 0 Å². The Bertz CT molecular complexity index is 687. The first-order valence-corrected chi connectivity index (χ1v) is 8.76. The van der Waals surface area contributed by atoms with Crippen LogP contribution < -0.4 is 10.0 Å². The molecule has 0 aliphatic carbocycles. The molecule has 0 spiro atoms. The van der Waals surface area contributed by atoms with Gasteiger partial charge >= 0.3 is 0 Å². The maximum Gasteiger partial charge on any atom is 0.243 e. The molecule has 0 radical (unpaired) electrons. The summed E-state index contributed by atoms with van der Waals surface area (Å²) in [5, 5.41) is 5.45. The quantitative estimate of drug-likeness (QED) is 0.813. The van der Waals surface area contributed by atoms with Crippen molar-refractivity contribution in [3.63, 3.8) is 0 Å². The van der Waals surface area contributed by atoms with Crippen molar-refractivity contribution in [2.45, 2.75) is 24.9 Å². The van der Waals surface area contributed by atoms with E-state index in [0.717, 1.165) is 6.54 Å². The van der Waals surface area contributed by atoms with E-state index >= 15 is 0 Å². The Morgan fingerprint density at radius 3 is 2.81 bits per heavy atom. The third kappa shape index (κ3) is 4.31. The molecule has 5 nitrogen and oxygen atoms in total. The average Bonchev–Trinajstić information content (AvgIpc) is 2.97. The first-order chi connectivity index (χ1) is 10.0. The lowest BCUT2D eigenvalue weighted by Gasteiger charge is -2.09. The van der Waals surface area contributed by atoms with Crippen LogP contribution in [0.2, 0.25) is 0 Å². The third-order valence-electron chi connectivity index (χ3n) is 2.76. The number of aromatic nitrogens is 1. The molecule has 0 aliphatic heterocycles. The lowest BCUT2D eigenvalue weighted by atomic mass is 10.2. The summed E-state index contributed by atoms with van der Waals surface area (Å²) >= 11 is 1.34. The minimum atomic E-state index is -3.90. The molecule has 0 saturated carbocycles. The second kappa shape index (κ2) is 7.08. The van der Waals surface area contributed by atoms with Gasteiger partial charge in [-0.2, -0.15) is 0 Å². The van der Waals surface area contributed by atoms with Crippen molar-refractivity contribution in [3.8, 4) is 0 Å². The van der Waals surface area contributed by atoms with Gasteiger partial charge in [-0.25, -0.2) is 22.5 Å². The molecule has 0 bridgehead atoms. The lowest BCUT2D eigenvalue weighted by molar-refractivity contribution is 0.555. The van der Waals surface area contributed by atoms with E-state index < -0.39 is 15.8 Å². The first-order valence-electron chi connectivity index (χ1n) is 6.40. The van der Waals surface area contributed by atoms with Crippen LogP contribution in [0.4, 0.5) is 4.39 Å². The molecule has 2 aromatic rings. The van der Waals surface area contributed by atoms with E-state index in [0.29, 0.717) is 17.1 Å². The van der Waals surface area contributed by atoms with Crippen molar-refractivity contribution in [2.24, 2.45) is 0 Å². The molecule has 114 valence electrons. The van der Waals surface area contributed by atoms with Crippen molar-refractivity contribution >= 4 is 21.4 Å². The zero-order valence-corrected chi connectivity index (χ0v) is 13.1. The molecule has 0 aliphatic rings. The van der Waals surface area contributed by atoms with Crippen LogP contribution in [0.1, 0.15) is 17.5 Å². The lowest BCUT2D eigenvalue weighted by Crippen LogP contribution is -2.24. The maximum absolute atomic E-state index is 13.8. The molecule has 8 heteroatoms. The number of nitrogens with zero attached hydrogens (tertiary/aromatic N) is 1. The largest absolute Gasteiger partial charge is 0.313 e. The fourth-order valence-electron chi connectivity index (χ4n) is 1.71. The summed E-state index contributed by atoms with van der Waals surface area (Å²) in [6, 6.07) is 4.09. The first kappa shape index (κ1) is 16.0. The van der Waals surface area contributed by atoms with E-state index in [1.165, 1.54) is 23.5 Å². The Morgan fingerprint density at radius 1 is 1.33 bits per heavy atom. The predicted molar refractivity (Wildman–Crippen MR) is 79.9 cm³/mol. The predicted octanol–water partition coefficient (Wildman–Crippen LogP) is 1.87. The number of thiazole rings is 1. The highest BCUT2D eigenvalue weighted by Gasteiger charge is 2.19. The molecule has 0 amide bonds. The van der Waals surface area contributed by atoms with Crippen LogP contribution in [0.15, 0.2) is 34.7 Å². The number of benzene rings is 1. The summed E-state index contributed by atoms with van der Waals surface area (Å²) < 4.78 is 40.5. The molecule has 0 saturated heterocycles. The van der Waals surface area contributed by atoms with Gasteiger partial charge in [0.25, 0.3) is 0 Å². The smallest absolute Gasteiger partial charge is 0.243 e. The molecule has 1 aromatic carbocycles. The molecule has 2 rings (SSSR count). The number of rotatable bonds is 7. The highest BCUT2D eigenvalue weighted by Crippen LogP contribution is 2.17. The van der Waals surface area contributed by atoms with Gasteiger partial charge in [-0.15, -0.1) is 11.3 Å². The van der Waals surface area contributed by atoms with E-state index in [1.807, 2.05) is 6.92 Å². The monoisotopic (exact) mass is 329 g/mol. The molecule has 0 atom stereocenters. The number of nitrogens with one attached hydrogen (secondary N) is 2. The number of hydrogen-bond acceptors (Lipinski definition) is 5. The summed E-state index contributed by atoms with van der Waals surface area (Å²) in [4.78, 5) is 3.64.